The third-order valence-electron chi connectivity index (χ3n) is 5.95. The van der Waals surface area contributed by atoms with E-state index in [1.54, 1.807) is 18.2 Å². The Balaban J connectivity index is 1.81. The molecule has 0 fully saturated rings. The Bertz CT molecular complexity index is 1130. The van der Waals surface area contributed by atoms with Crippen molar-refractivity contribution in [1.82, 2.24) is 4.57 Å². The third kappa shape index (κ3) is 4.27. The van der Waals surface area contributed by atoms with E-state index in [0.29, 0.717) is 0 Å². The highest BCUT2D eigenvalue weighted by Crippen LogP contribution is 2.42. The van der Waals surface area contributed by atoms with Gasteiger partial charge in [-0.3, -0.25) is 4.79 Å². The first-order valence-electron chi connectivity index (χ1n) is 10.5. The summed E-state index contributed by atoms with van der Waals surface area (Å²) >= 11 is 0. The Labute approximate surface area is 180 Å². The molecule has 0 aliphatic carbocycles. The Morgan fingerprint density at radius 2 is 1.97 bits per heavy atom. The molecule has 0 spiro atoms. The van der Waals surface area contributed by atoms with E-state index in [1.807, 2.05) is 12.1 Å². The minimum atomic E-state index is -1.12. The van der Waals surface area contributed by atoms with Gasteiger partial charge in [-0.1, -0.05) is 36.4 Å². The van der Waals surface area contributed by atoms with Gasteiger partial charge in [0.2, 0.25) is 0 Å². The monoisotopic (exact) mass is 423 g/mol. The highest BCUT2D eigenvalue weighted by molar-refractivity contribution is 6.02. The van der Waals surface area contributed by atoms with Crippen LogP contribution in [-0.2, 0) is 11.2 Å². The van der Waals surface area contributed by atoms with Crippen LogP contribution in [0.1, 0.15) is 43.5 Å². The lowest BCUT2D eigenvalue weighted by atomic mass is 9.97. The van der Waals surface area contributed by atoms with Crippen LogP contribution < -0.4 is 0 Å². The fourth-order valence-corrected chi connectivity index (χ4v) is 4.54. The molecular formula is C25H26FNO4. The Morgan fingerprint density at radius 1 is 1.23 bits per heavy atom. The third-order valence-corrected chi connectivity index (χ3v) is 5.95. The molecule has 31 heavy (non-hydrogen) atoms. The largest absolute Gasteiger partial charge is 0.481 e. The summed E-state index contributed by atoms with van der Waals surface area (Å²) < 4.78 is 15.8. The number of aliphatic hydroxyl groups excluding tert-OH is 2. The fraction of sp³-hybridized carbons (Fsp3) is 0.320. The number of carboxylic acids is 1. The zero-order valence-corrected chi connectivity index (χ0v) is 17.3. The van der Waals surface area contributed by atoms with Crippen LogP contribution in [0.3, 0.4) is 0 Å². The van der Waals surface area contributed by atoms with Crippen molar-refractivity contribution in [3.05, 3.63) is 65.6 Å². The number of benzene rings is 2. The topological polar surface area (TPSA) is 82.7 Å². The minimum Gasteiger partial charge on any atom is -0.481 e. The van der Waals surface area contributed by atoms with Crippen molar-refractivity contribution < 1.29 is 24.5 Å². The van der Waals surface area contributed by atoms with E-state index >= 15 is 0 Å². The molecule has 4 rings (SSSR count). The van der Waals surface area contributed by atoms with Gasteiger partial charge in [0.05, 0.1) is 24.1 Å². The molecule has 2 heterocycles. The molecule has 0 radical (unpaired) electrons. The van der Waals surface area contributed by atoms with Crippen LogP contribution in [0.25, 0.3) is 28.1 Å². The molecule has 3 atom stereocenters. The highest BCUT2D eigenvalue weighted by atomic mass is 19.1. The second-order valence-corrected chi connectivity index (χ2v) is 8.25. The normalized spacial score (nSPS) is 17.9. The summed E-state index contributed by atoms with van der Waals surface area (Å²) in [4.78, 5) is 10.8. The van der Waals surface area contributed by atoms with Crippen LogP contribution in [0.15, 0.2) is 48.5 Å². The maximum Gasteiger partial charge on any atom is 0.305 e. The van der Waals surface area contributed by atoms with E-state index in [4.69, 9.17) is 5.11 Å². The van der Waals surface area contributed by atoms with Gasteiger partial charge in [0.1, 0.15) is 5.82 Å². The van der Waals surface area contributed by atoms with Gasteiger partial charge >= 0.3 is 5.97 Å². The van der Waals surface area contributed by atoms with Crippen molar-refractivity contribution in [2.75, 3.05) is 0 Å². The summed E-state index contributed by atoms with van der Waals surface area (Å²) in [6, 6.07) is 12.9. The number of carbonyl (C=O) groups is 1. The van der Waals surface area contributed by atoms with Gasteiger partial charge in [-0.05, 0) is 49.1 Å². The molecule has 5 nitrogen and oxygen atoms in total. The molecule has 1 aromatic heterocycles. The van der Waals surface area contributed by atoms with Gasteiger partial charge in [0.25, 0.3) is 0 Å². The number of carboxylic acid groups (broad SMARTS) is 1. The zero-order chi connectivity index (χ0) is 22.1. The average Bonchev–Trinajstić information content (AvgIpc) is 3.05. The predicted molar refractivity (Wildman–Crippen MR) is 118 cm³/mol. The van der Waals surface area contributed by atoms with E-state index in [9.17, 15) is 19.4 Å². The summed E-state index contributed by atoms with van der Waals surface area (Å²) in [5.74, 6) is -1.41. The summed E-state index contributed by atoms with van der Waals surface area (Å²) in [6.45, 7) is 2.16. The summed E-state index contributed by atoms with van der Waals surface area (Å²) in [6.07, 6.45) is 2.83. The number of aryl methyl sites for hydroxylation is 1. The van der Waals surface area contributed by atoms with Crippen LogP contribution in [0.5, 0.6) is 0 Å². The number of hydrogen-bond acceptors (Lipinski definition) is 3. The van der Waals surface area contributed by atoms with Crippen molar-refractivity contribution in [2.45, 2.75) is 50.9 Å². The van der Waals surface area contributed by atoms with Gasteiger partial charge in [-0.15, -0.1) is 0 Å². The molecule has 1 aliphatic rings. The second-order valence-electron chi connectivity index (χ2n) is 8.25. The van der Waals surface area contributed by atoms with E-state index in [2.05, 4.69) is 23.6 Å². The molecule has 3 unspecified atom stereocenters. The lowest BCUT2D eigenvalue weighted by Gasteiger charge is -2.24. The summed E-state index contributed by atoms with van der Waals surface area (Å²) in [5, 5.41) is 30.1. The number of aliphatic carboxylic acids is 1. The molecule has 2 aromatic carbocycles. The Morgan fingerprint density at radius 3 is 2.68 bits per heavy atom. The lowest BCUT2D eigenvalue weighted by molar-refractivity contribution is -0.139. The van der Waals surface area contributed by atoms with Crippen molar-refractivity contribution in [1.29, 1.82) is 0 Å². The van der Waals surface area contributed by atoms with Gasteiger partial charge in [-0.2, -0.15) is 0 Å². The number of nitrogens with zero attached hydrogens (tertiary/aromatic N) is 1. The molecule has 0 bridgehead atoms. The molecule has 0 saturated carbocycles. The summed E-state index contributed by atoms with van der Waals surface area (Å²) in [5.41, 5.74) is 5.18. The number of aromatic nitrogens is 1. The van der Waals surface area contributed by atoms with E-state index < -0.39 is 24.6 Å². The van der Waals surface area contributed by atoms with E-state index in [-0.39, 0.29) is 18.3 Å². The van der Waals surface area contributed by atoms with E-state index in [1.165, 1.54) is 17.7 Å². The smallest absolute Gasteiger partial charge is 0.305 e. The lowest BCUT2D eigenvalue weighted by Crippen LogP contribution is -2.19. The van der Waals surface area contributed by atoms with Gasteiger partial charge in [0, 0.05) is 29.1 Å². The fourth-order valence-electron chi connectivity index (χ4n) is 4.54. The van der Waals surface area contributed by atoms with Crippen molar-refractivity contribution in [3.63, 3.8) is 0 Å². The molecule has 0 amide bonds. The number of halogens is 1. The molecule has 3 N–H and O–H groups in total. The van der Waals surface area contributed by atoms with Crippen LogP contribution in [0.2, 0.25) is 0 Å². The Kier molecular flexibility index (Phi) is 5.94. The van der Waals surface area contributed by atoms with Crippen LogP contribution in [0, 0.1) is 5.82 Å². The van der Waals surface area contributed by atoms with E-state index in [0.717, 1.165) is 40.6 Å². The quantitative estimate of drug-likeness (QED) is 0.521. The van der Waals surface area contributed by atoms with Gasteiger partial charge < -0.3 is 19.9 Å². The van der Waals surface area contributed by atoms with Crippen LogP contribution >= 0.6 is 0 Å². The van der Waals surface area contributed by atoms with Crippen LogP contribution in [0.4, 0.5) is 4.39 Å². The standard InChI is InChI=1S/C25H26FNO4/c1-15-5-6-17-3-2-4-21-24(16-7-9-18(26)10-8-16)22(27(15)25(17)21)12-11-19(28)13-20(29)14-23(30)31/h2-4,7-12,15,19-20,28-29H,5-6,13-14H2,1H3,(H,30,31)/b12-11+. The van der Waals surface area contributed by atoms with Crippen molar-refractivity contribution in [3.8, 4) is 11.1 Å². The first kappa shape index (κ1) is 21.3. The SMILES string of the molecule is CC1CCc2cccc3c(-c4ccc(F)cc4)c(/C=C/C(O)CC(O)CC(=O)O)n1c23. The molecule has 3 aromatic rings. The minimum absolute atomic E-state index is 0.0598. The molecule has 0 saturated heterocycles. The van der Waals surface area contributed by atoms with Gasteiger partial charge in [0.15, 0.2) is 0 Å². The molecule has 162 valence electrons. The maximum absolute atomic E-state index is 13.6. The first-order chi connectivity index (χ1) is 14.8. The second kappa shape index (κ2) is 8.65. The predicted octanol–water partition coefficient (Wildman–Crippen LogP) is 4.55. The van der Waals surface area contributed by atoms with Crippen LogP contribution in [-0.4, -0.2) is 38.1 Å². The number of rotatable bonds is 7. The van der Waals surface area contributed by atoms with Crippen molar-refractivity contribution in [2.24, 2.45) is 0 Å². The Hall–Kier alpha value is -2.96. The summed E-state index contributed by atoms with van der Waals surface area (Å²) in [7, 11) is 0. The maximum atomic E-state index is 13.6. The van der Waals surface area contributed by atoms with Gasteiger partial charge in [-0.25, -0.2) is 4.39 Å². The molecule has 6 heteroatoms. The molecular weight excluding hydrogens is 397 g/mol. The number of aliphatic hydroxyl groups is 2. The molecule has 1 aliphatic heterocycles. The first-order valence-corrected chi connectivity index (χ1v) is 10.5. The number of hydrogen-bond donors (Lipinski definition) is 3. The zero-order valence-electron chi connectivity index (χ0n) is 17.3. The van der Waals surface area contributed by atoms with Crippen molar-refractivity contribution >= 4 is 22.9 Å². The highest BCUT2D eigenvalue weighted by Gasteiger charge is 2.25. The average molecular weight is 423 g/mol. The number of para-hydroxylation sites is 1.